The molecule has 2 aromatic rings. The van der Waals surface area contributed by atoms with Crippen LogP contribution in [0, 0.1) is 0 Å². The summed E-state index contributed by atoms with van der Waals surface area (Å²) in [5.74, 6) is 0. The molecule has 0 amide bonds. The topological polar surface area (TPSA) is 0 Å². The van der Waals surface area contributed by atoms with Gasteiger partial charge in [0.25, 0.3) is 0 Å². The average molecular weight is 519 g/mol. The minimum absolute atomic E-state index is 0. The molecule has 0 unspecified atom stereocenters. The Morgan fingerprint density at radius 2 is 0.783 bits per heavy atom. The molecule has 0 heterocycles. The fourth-order valence-corrected chi connectivity index (χ4v) is 5.21. The SMILES string of the molecule is C[Si](C)(C)C[c-]1cccc1.C[Si](C)(C)C[c-]1cccc1.[F-].[F-].[Hf+4]. The minimum Gasteiger partial charge on any atom is -1.00 e. The number of halogens is 2. The Labute approximate surface area is 162 Å². The molecule has 0 fully saturated rings. The van der Waals surface area contributed by atoms with Gasteiger partial charge in [-0.1, -0.05) is 51.4 Å². The standard InChI is InChI=1S/2C9H15Si.2FH.Hf/c2*1-10(2,3)8-9-6-4-5-7-9;;;/h2*4-7H,8H2,1-3H3;2*1H;/q2*-1;;;+4/p-2. The van der Waals surface area contributed by atoms with Crippen LogP contribution in [0.2, 0.25) is 39.3 Å². The molecule has 0 radical (unpaired) electrons. The van der Waals surface area contributed by atoms with Crippen LogP contribution in [0.15, 0.2) is 48.5 Å². The summed E-state index contributed by atoms with van der Waals surface area (Å²) >= 11 is 0. The van der Waals surface area contributed by atoms with E-state index in [0.717, 1.165) is 0 Å². The van der Waals surface area contributed by atoms with Gasteiger partial charge in [0.2, 0.25) is 0 Å². The fraction of sp³-hybridized carbons (Fsp3) is 0.444. The third kappa shape index (κ3) is 15.1. The maximum absolute atomic E-state index is 2.40. The van der Waals surface area contributed by atoms with Gasteiger partial charge < -0.3 is 9.41 Å². The first-order valence-corrected chi connectivity index (χ1v) is 15.0. The van der Waals surface area contributed by atoms with Crippen LogP contribution in [0.4, 0.5) is 0 Å². The first kappa shape index (κ1) is 27.7. The normalized spacial score (nSPS) is 10.3. The molecule has 128 valence electrons. The minimum atomic E-state index is -0.862. The van der Waals surface area contributed by atoms with Crippen molar-refractivity contribution in [1.29, 1.82) is 0 Å². The Bertz CT molecular complexity index is 420. The summed E-state index contributed by atoms with van der Waals surface area (Å²) in [5.41, 5.74) is 3.03. The van der Waals surface area contributed by atoms with Gasteiger partial charge in [-0.05, 0) is 0 Å². The van der Waals surface area contributed by atoms with Crippen molar-refractivity contribution in [3.63, 3.8) is 0 Å². The molecule has 0 bridgehead atoms. The van der Waals surface area contributed by atoms with Crippen molar-refractivity contribution in [2.75, 3.05) is 0 Å². The van der Waals surface area contributed by atoms with Gasteiger partial charge in [0, 0.05) is 16.1 Å². The van der Waals surface area contributed by atoms with Crippen LogP contribution >= 0.6 is 0 Å². The van der Waals surface area contributed by atoms with E-state index in [-0.39, 0.29) is 35.3 Å². The zero-order chi connectivity index (χ0) is 15.2. The van der Waals surface area contributed by atoms with Gasteiger partial charge in [-0.3, -0.25) is 0 Å². The smallest absolute Gasteiger partial charge is 1.00 e. The zero-order valence-corrected chi connectivity index (χ0v) is 20.9. The van der Waals surface area contributed by atoms with Crippen molar-refractivity contribution < 1.29 is 35.3 Å². The van der Waals surface area contributed by atoms with E-state index in [0.29, 0.717) is 0 Å². The average Bonchev–Trinajstić information content (AvgIpc) is 2.87. The van der Waals surface area contributed by atoms with Gasteiger partial charge >= 0.3 is 25.8 Å². The van der Waals surface area contributed by atoms with E-state index in [1.165, 1.54) is 23.2 Å². The van der Waals surface area contributed by atoms with E-state index >= 15 is 0 Å². The Morgan fingerprint density at radius 3 is 0.957 bits per heavy atom. The molecule has 0 nitrogen and oxygen atoms in total. The van der Waals surface area contributed by atoms with Gasteiger partial charge in [0.1, 0.15) is 0 Å². The van der Waals surface area contributed by atoms with Gasteiger partial charge in [-0.25, -0.2) is 24.3 Å². The maximum Gasteiger partial charge on any atom is 4.00 e. The summed E-state index contributed by atoms with van der Waals surface area (Å²) in [6, 6.07) is 20.0. The van der Waals surface area contributed by atoms with Crippen molar-refractivity contribution in [3.8, 4) is 0 Å². The predicted molar refractivity (Wildman–Crippen MR) is 98.2 cm³/mol. The number of hydrogen-bond acceptors (Lipinski definition) is 0. The number of hydrogen-bond donors (Lipinski definition) is 0. The van der Waals surface area contributed by atoms with E-state index in [2.05, 4.69) is 87.8 Å². The van der Waals surface area contributed by atoms with Crippen molar-refractivity contribution >= 4 is 16.1 Å². The molecule has 0 aliphatic heterocycles. The third-order valence-electron chi connectivity index (χ3n) is 2.93. The van der Waals surface area contributed by atoms with Crippen LogP contribution in [-0.2, 0) is 37.9 Å². The Hall–Kier alpha value is -0.136. The zero-order valence-electron chi connectivity index (χ0n) is 15.3. The molecule has 2 aromatic carbocycles. The maximum atomic E-state index is 2.40. The van der Waals surface area contributed by atoms with Crippen LogP contribution in [0.1, 0.15) is 11.1 Å². The van der Waals surface area contributed by atoms with Crippen molar-refractivity contribution in [1.82, 2.24) is 0 Å². The molecule has 0 saturated heterocycles. The first-order chi connectivity index (χ1) is 9.16. The van der Waals surface area contributed by atoms with Crippen LogP contribution < -0.4 is 9.41 Å². The molecule has 0 aromatic heterocycles. The third-order valence-corrected chi connectivity index (χ3v) is 5.87. The molecule has 0 atom stereocenters. The molecular weight excluding hydrogens is 489 g/mol. The Balaban J connectivity index is -0.000000308. The summed E-state index contributed by atoms with van der Waals surface area (Å²) in [7, 11) is -1.72. The molecule has 2 rings (SSSR count). The van der Waals surface area contributed by atoms with Gasteiger partial charge in [0.05, 0.1) is 0 Å². The molecule has 0 saturated carbocycles. The second-order valence-electron chi connectivity index (χ2n) is 8.06. The van der Waals surface area contributed by atoms with Crippen LogP contribution in [0.3, 0.4) is 0 Å². The molecule has 0 aliphatic carbocycles. The Morgan fingerprint density at radius 1 is 0.565 bits per heavy atom. The molecule has 5 heteroatoms. The van der Waals surface area contributed by atoms with Crippen LogP contribution in [0.25, 0.3) is 0 Å². The molecular formula is C18H30F2HfSi2. The summed E-state index contributed by atoms with van der Waals surface area (Å²) in [4.78, 5) is 0. The summed E-state index contributed by atoms with van der Waals surface area (Å²) in [6.45, 7) is 14.4. The summed E-state index contributed by atoms with van der Waals surface area (Å²) in [6.07, 6.45) is 0. The van der Waals surface area contributed by atoms with Crippen molar-refractivity contribution in [3.05, 3.63) is 59.7 Å². The van der Waals surface area contributed by atoms with Gasteiger partial charge in [-0.15, -0.1) is 0 Å². The number of rotatable bonds is 4. The van der Waals surface area contributed by atoms with Crippen LogP contribution in [0.5, 0.6) is 0 Å². The van der Waals surface area contributed by atoms with E-state index in [4.69, 9.17) is 0 Å². The van der Waals surface area contributed by atoms with E-state index in [1.807, 2.05) is 0 Å². The largest absolute Gasteiger partial charge is 4.00 e. The van der Waals surface area contributed by atoms with E-state index < -0.39 is 16.1 Å². The monoisotopic (exact) mass is 520 g/mol. The van der Waals surface area contributed by atoms with Gasteiger partial charge in [0.15, 0.2) is 0 Å². The first-order valence-electron chi connectivity index (χ1n) is 7.57. The van der Waals surface area contributed by atoms with E-state index in [1.54, 1.807) is 0 Å². The molecule has 0 aliphatic rings. The van der Waals surface area contributed by atoms with E-state index in [9.17, 15) is 0 Å². The second-order valence-corrected chi connectivity index (χ2v) is 19.0. The fourth-order valence-electron chi connectivity index (χ4n) is 2.29. The molecule has 0 N–H and O–H groups in total. The van der Waals surface area contributed by atoms with Gasteiger partial charge in [-0.2, -0.15) is 35.4 Å². The molecule has 23 heavy (non-hydrogen) atoms. The molecule has 0 spiro atoms. The van der Waals surface area contributed by atoms with Crippen LogP contribution in [-0.4, -0.2) is 16.1 Å². The summed E-state index contributed by atoms with van der Waals surface area (Å²) in [5, 5.41) is 0. The Kier molecular flexibility index (Phi) is 14.8. The van der Waals surface area contributed by atoms with Crippen molar-refractivity contribution in [2.45, 2.75) is 51.4 Å². The predicted octanol–water partition coefficient (Wildman–Crippen LogP) is -0.344. The second kappa shape index (κ2) is 12.3. The summed E-state index contributed by atoms with van der Waals surface area (Å²) < 4.78 is 0. The van der Waals surface area contributed by atoms with Crippen molar-refractivity contribution in [2.24, 2.45) is 0 Å². The quantitative estimate of drug-likeness (QED) is 0.384.